The first-order valence-electron chi connectivity index (χ1n) is 11.0. The Morgan fingerprint density at radius 2 is 1.58 bits per heavy atom. The van der Waals surface area contributed by atoms with Crippen molar-refractivity contribution in [3.05, 3.63) is 52.5 Å². The van der Waals surface area contributed by atoms with E-state index in [2.05, 4.69) is 25.3 Å². The molecule has 1 aliphatic rings. The Hall–Kier alpha value is -2.13. The van der Waals surface area contributed by atoms with Gasteiger partial charge in [-0.1, -0.05) is 35.3 Å². The fraction of sp³-hybridized carbons (Fsp3) is 0.391. The topological polar surface area (TPSA) is 96.0 Å². The minimum Gasteiger partial charge on any atom is -0.372 e. The molecule has 3 aromatic rings. The summed E-state index contributed by atoms with van der Waals surface area (Å²) >= 11 is 11.9. The van der Waals surface area contributed by atoms with Gasteiger partial charge in [-0.25, -0.2) is 18.1 Å². The smallest absolute Gasteiger partial charge is 0.240 e. The Morgan fingerprint density at radius 1 is 0.939 bits per heavy atom. The first kappa shape index (κ1) is 24.0. The van der Waals surface area contributed by atoms with E-state index in [9.17, 15) is 8.42 Å². The molecule has 0 amide bonds. The Bertz CT molecular complexity index is 1210. The summed E-state index contributed by atoms with van der Waals surface area (Å²) in [6.45, 7) is 1.20. The highest BCUT2D eigenvalue weighted by molar-refractivity contribution is 7.89. The van der Waals surface area contributed by atoms with Gasteiger partial charge in [-0.05, 0) is 67.9 Å². The zero-order valence-electron chi connectivity index (χ0n) is 18.3. The number of fused-ring (bicyclic) bond motifs is 1. The second kappa shape index (κ2) is 10.4. The maximum absolute atomic E-state index is 12.6. The highest BCUT2D eigenvalue weighted by Crippen LogP contribution is 2.30. The van der Waals surface area contributed by atoms with Crippen LogP contribution in [0, 0.1) is 11.8 Å². The summed E-state index contributed by atoms with van der Waals surface area (Å²) in [6.07, 6.45) is 3.97. The fourth-order valence-corrected chi connectivity index (χ4v) is 6.06. The van der Waals surface area contributed by atoms with Crippen LogP contribution in [0.5, 0.6) is 0 Å². The van der Waals surface area contributed by atoms with Crippen LogP contribution in [-0.4, -0.2) is 38.5 Å². The van der Waals surface area contributed by atoms with Crippen LogP contribution in [0.2, 0.25) is 10.0 Å². The molecule has 1 fully saturated rings. The van der Waals surface area contributed by atoms with Crippen molar-refractivity contribution >= 4 is 55.9 Å². The fourth-order valence-electron chi connectivity index (χ4n) is 4.22. The summed E-state index contributed by atoms with van der Waals surface area (Å²) in [6, 6.07) is 12.3. The minimum absolute atomic E-state index is 0.0919. The monoisotopic (exact) mass is 507 g/mol. The largest absolute Gasteiger partial charge is 0.372 e. The third kappa shape index (κ3) is 6.06. The summed E-state index contributed by atoms with van der Waals surface area (Å²) in [7, 11) is -1.79. The van der Waals surface area contributed by atoms with Gasteiger partial charge in [-0.2, -0.15) is 4.98 Å². The van der Waals surface area contributed by atoms with E-state index >= 15 is 0 Å². The van der Waals surface area contributed by atoms with E-state index in [1.165, 1.54) is 18.2 Å². The molecular formula is C23H27Cl2N5O2S. The minimum atomic E-state index is -3.64. The standard InChI is InChI=1S/C23H27Cl2N5O2S/c1-26-22-20-4-2-3-5-21(20)29-23(30-22)27-13-15-6-8-16(9-7-15)14-28-33(31,32)19-11-17(24)10-18(25)12-19/h2-5,10-12,15-16,28H,6-9,13-14H2,1H3,(H2,26,27,29,30)/t15-,16-. The van der Waals surface area contributed by atoms with Gasteiger partial charge >= 0.3 is 0 Å². The molecule has 10 heteroatoms. The zero-order valence-corrected chi connectivity index (χ0v) is 20.6. The lowest BCUT2D eigenvalue weighted by molar-refractivity contribution is 0.284. The summed E-state index contributed by atoms with van der Waals surface area (Å²) in [5, 5.41) is 8.11. The number of sulfonamides is 1. The molecule has 0 radical (unpaired) electrons. The van der Waals surface area contributed by atoms with Gasteiger partial charge in [0.1, 0.15) is 5.82 Å². The van der Waals surface area contributed by atoms with Gasteiger partial charge < -0.3 is 10.6 Å². The first-order chi connectivity index (χ1) is 15.8. The van der Waals surface area contributed by atoms with Crippen molar-refractivity contribution in [2.24, 2.45) is 11.8 Å². The number of nitrogens with zero attached hydrogens (tertiary/aromatic N) is 2. The van der Waals surface area contributed by atoms with Crippen molar-refractivity contribution in [1.29, 1.82) is 0 Å². The maximum atomic E-state index is 12.6. The van der Waals surface area contributed by atoms with Gasteiger partial charge in [0.05, 0.1) is 10.4 Å². The number of nitrogens with one attached hydrogen (secondary N) is 3. The molecule has 176 valence electrons. The zero-order chi connectivity index (χ0) is 23.4. The number of benzene rings is 2. The van der Waals surface area contributed by atoms with Gasteiger partial charge in [0, 0.05) is 35.6 Å². The summed E-state index contributed by atoms with van der Waals surface area (Å²) in [5.74, 6) is 2.23. The average molecular weight is 508 g/mol. The second-order valence-electron chi connectivity index (χ2n) is 8.39. The van der Waals surface area contributed by atoms with E-state index < -0.39 is 10.0 Å². The predicted octanol–water partition coefficient (Wildman–Crippen LogP) is 5.18. The normalized spacial score (nSPS) is 18.9. The number of halogens is 2. The number of rotatable bonds is 8. The van der Waals surface area contributed by atoms with Crippen LogP contribution < -0.4 is 15.4 Å². The first-order valence-corrected chi connectivity index (χ1v) is 13.2. The van der Waals surface area contributed by atoms with Crippen molar-refractivity contribution in [2.75, 3.05) is 30.8 Å². The molecule has 2 aromatic carbocycles. The third-order valence-electron chi connectivity index (χ3n) is 6.06. The molecule has 0 bridgehead atoms. The molecule has 0 aliphatic heterocycles. The van der Waals surface area contributed by atoms with E-state index in [1.807, 2.05) is 31.3 Å². The van der Waals surface area contributed by atoms with Crippen LogP contribution in [0.1, 0.15) is 25.7 Å². The van der Waals surface area contributed by atoms with E-state index in [0.717, 1.165) is 48.9 Å². The van der Waals surface area contributed by atoms with E-state index in [0.29, 0.717) is 34.4 Å². The second-order valence-corrected chi connectivity index (χ2v) is 11.0. The molecule has 1 heterocycles. The van der Waals surface area contributed by atoms with Crippen LogP contribution in [0.3, 0.4) is 0 Å². The molecule has 1 aliphatic carbocycles. The lowest BCUT2D eigenvalue weighted by atomic mass is 9.82. The quantitative estimate of drug-likeness (QED) is 0.388. The molecule has 1 saturated carbocycles. The van der Waals surface area contributed by atoms with Crippen LogP contribution in [0.25, 0.3) is 10.9 Å². The number of para-hydroxylation sites is 1. The highest BCUT2D eigenvalue weighted by atomic mass is 35.5. The molecule has 0 unspecified atom stereocenters. The van der Waals surface area contributed by atoms with Gasteiger partial charge in [-0.3, -0.25) is 0 Å². The molecule has 3 N–H and O–H groups in total. The van der Waals surface area contributed by atoms with Crippen molar-refractivity contribution in [3.63, 3.8) is 0 Å². The van der Waals surface area contributed by atoms with E-state index in [4.69, 9.17) is 23.2 Å². The van der Waals surface area contributed by atoms with Gasteiger partial charge in [0.25, 0.3) is 0 Å². The van der Waals surface area contributed by atoms with Crippen LogP contribution in [0.4, 0.5) is 11.8 Å². The summed E-state index contributed by atoms with van der Waals surface area (Å²) in [5.41, 5.74) is 0.899. The lowest BCUT2D eigenvalue weighted by Gasteiger charge is -2.28. The molecular weight excluding hydrogens is 481 g/mol. The lowest BCUT2D eigenvalue weighted by Crippen LogP contribution is -2.32. The molecule has 0 atom stereocenters. The maximum Gasteiger partial charge on any atom is 0.240 e. The predicted molar refractivity (Wildman–Crippen MR) is 135 cm³/mol. The van der Waals surface area contributed by atoms with E-state index in [1.54, 1.807) is 0 Å². The molecule has 0 spiro atoms. The molecule has 0 saturated heterocycles. The Kier molecular flexibility index (Phi) is 7.58. The van der Waals surface area contributed by atoms with Crippen LogP contribution in [-0.2, 0) is 10.0 Å². The molecule has 4 rings (SSSR count). The highest BCUT2D eigenvalue weighted by Gasteiger charge is 2.24. The van der Waals surface area contributed by atoms with Crippen molar-refractivity contribution in [1.82, 2.24) is 14.7 Å². The van der Waals surface area contributed by atoms with Gasteiger partial charge in [0.2, 0.25) is 16.0 Å². The Balaban J connectivity index is 1.28. The van der Waals surface area contributed by atoms with Gasteiger partial charge in [0.15, 0.2) is 0 Å². The number of aromatic nitrogens is 2. The van der Waals surface area contributed by atoms with Crippen molar-refractivity contribution in [3.8, 4) is 0 Å². The number of hydrogen-bond donors (Lipinski definition) is 3. The average Bonchev–Trinajstić information content (AvgIpc) is 2.81. The SMILES string of the molecule is CNc1nc(NC[C@H]2CC[C@H](CNS(=O)(=O)c3cc(Cl)cc(Cl)c3)CC2)nc2ccccc12. The Labute approximate surface area is 204 Å². The third-order valence-corrected chi connectivity index (χ3v) is 7.90. The van der Waals surface area contributed by atoms with Crippen molar-refractivity contribution < 1.29 is 8.42 Å². The van der Waals surface area contributed by atoms with Crippen LogP contribution in [0.15, 0.2) is 47.4 Å². The van der Waals surface area contributed by atoms with Gasteiger partial charge in [-0.15, -0.1) is 0 Å². The number of anilines is 2. The van der Waals surface area contributed by atoms with Crippen LogP contribution >= 0.6 is 23.2 Å². The summed E-state index contributed by atoms with van der Waals surface area (Å²) in [4.78, 5) is 9.30. The molecule has 7 nitrogen and oxygen atoms in total. The molecule has 33 heavy (non-hydrogen) atoms. The van der Waals surface area contributed by atoms with E-state index in [-0.39, 0.29) is 4.90 Å². The Morgan fingerprint density at radius 3 is 2.24 bits per heavy atom. The summed E-state index contributed by atoms with van der Waals surface area (Å²) < 4.78 is 27.9. The molecule has 1 aromatic heterocycles. The number of hydrogen-bond acceptors (Lipinski definition) is 6. The van der Waals surface area contributed by atoms with Crippen molar-refractivity contribution in [2.45, 2.75) is 30.6 Å².